The molecule has 0 radical (unpaired) electrons. The van der Waals surface area contributed by atoms with E-state index in [1.165, 1.54) is 0 Å². The van der Waals surface area contributed by atoms with Crippen LogP contribution in [-0.4, -0.2) is 25.2 Å². The highest BCUT2D eigenvalue weighted by molar-refractivity contribution is 6.32. The van der Waals surface area contributed by atoms with Crippen LogP contribution in [0.1, 0.15) is 12.5 Å². The lowest BCUT2D eigenvalue weighted by Crippen LogP contribution is -2.38. The zero-order chi connectivity index (χ0) is 16.5. The number of amides is 1. The third-order valence-corrected chi connectivity index (χ3v) is 3.48. The zero-order valence-electron chi connectivity index (χ0n) is 13.0. The van der Waals surface area contributed by atoms with Crippen LogP contribution in [0, 0.1) is 0 Å². The minimum absolute atomic E-state index is 0.201. The fraction of sp³-hybridized carbons (Fsp3) is 0.278. The third kappa shape index (κ3) is 5.93. The highest BCUT2D eigenvalue weighted by Gasteiger charge is 2.15. The number of halogens is 1. The SMILES string of the molecule is C[C@@H](Oc1ccccc1Cl)C(=O)NCCOCc1ccccc1. The fourth-order valence-electron chi connectivity index (χ4n) is 1.94. The predicted octanol–water partition coefficient (Wildman–Crippen LogP) is 3.44. The number of hydrogen-bond acceptors (Lipinski definition) is 3. The van der Waals surface area contributed by atoms with Crippen LogP contribution >= 0.6 is 11.6 Å². The van der Waals surface area contributed by atoms with Crippen molar-refractivity contribution in [2.24, 2.45) is 0 Å². The monoisotopic (exact) mass is 333 g/mol. The van der Waals surface area contributed by atoms with Gasteiger partial charge in [-0.2, -0.15) is 0 Å². The van der Waals surface area contributed by atoms with Crippen LogP contribution in [-0.2, 0) is 16.1 Å². The topological polar surface area (TPSA) is 47.6 Å². The van der Waals surface area contributed by atoms with Gasteiger partial charge in [-0.05, 0) is 24.6 Å². The molecular weight excluding hydrogens is 314 g/mol. The molecule has 0 saturated heterocycles. The van der Waals surface area contributed by atoms with Crippen LogP contribution < -0.4 is 10.1 Å². The molecule has 0 aliphatic rings. The van der Waals surface area contributed by atoms with Gasteiger partial charge in [0.1, 0.15) is 5.75 Å². The minimum Gasteiger partial charge on any atom is -0.479 e. The first-order chi connectivity index (χ1) is 11.2. The second-order valence-corrected chi connectivity index (χ2v) is 5.43. The van der Waals surface area contributed by atoms with Gasteiger partial charge in [0, 0.05) is 6.54 Å². The summed E-state index contributed by atoms with van der Waals surface area (Å²) in [5, 5.41) is 3.26. The quantitative estimate of drug-likeness (QED) is 0.753. The van der Waals surface area contributed by atoms with E-state index in [2.05, 4.69) is 5.32 Å². The molecule has 1 amide bonds. The van der Waals surface area contributed by atoms with Gasteiger partial charge in [0.05, 0.1) is 18.2 Å². The fourth-order valence-corrected chi connectivity index (χ4v) is 2.12. The Labute approximate surface area is 141 Å². The predicted molar refractivity (Wildman–Crippen MR) is 90.6 cm³/mol. The van der Waals surface area contributed by atoms with Gasteiger partial charge in [0.25, 0.3) is 5.91 Å². The van der Waals surface area contributed by atoms with E-state index in [9.17, 15) is 4.79 Å². The molecule has 23 heavy (non-hydrogen) atoms. The molecule has 0 spiro atoms. The van der Waals surface area contributed by atoms with Crippen LogP contribution in [0.2, 0.25) is 5.02 Å². The maximum absolute atomic E-state index is 12.0. The van der Waals surface area contributed by atoms with E-state index in [0.29, 0.717) is 30.5 Å². The van der Waals surface area contributed by atoms with Gasteiger partial charge >= 0.3 is 0 Å². The van der Waals surface area contributed by atoms with Crippen molar-refractivity contribution in [2.45, 2.75) is 19.6 Å². The molecular formula is C18H20ClNO3. The maximum atomic E-state index is 12.0. The van der Waals surface area contributed by atoms with Gasteiger partial charge in [-0.1, -0.05) is 54.1 Å². The summed E-state index contributed by atoms with van der Waals surface area (Å²) >= 11 is 6.00. The lowest BCUT2D eigenvalue weighted by atomic mass is 10.2. The minimum atomic E-state index is -0.621. The second-order valence-electron chi connectivity index (χ2n) is 5.02. The Bertz CT molecular complexity index is 619. The van der Waals surface area contributed by atoms with Crippen molar-refractivity contribution in [3.05, 3.63) is 65.2 Å². The third-order valence-electron chi connectivity index (χ3n) is 3.17. The van der Waals surface area contributed by atoms with Crippen molar-refractivity contribution < 1.29 is 14.3 Å². The van der Waals surface area contributed by atoms with Gasteiger partial charge in [0.15, 0.2) is 6.10 Å². The number of benzene rings is 2. The van der Waals surface area contributed by atoms with Crippen LogP contribution in [0.4, 0.5) is 0 Å². The van der Waals surface area contributed by atoms with Gasteiger partial charge in [-0.15, -0.1) is 0 Å². The summed E-state index contributed by atoms with van der Waals surface area (Å²) < 4.78 is 11.1. The van der Waals surface area contributed by atoms with Crippen molar-refractivity contribution in [1.29, 1.82) is 0 Å². The summed E-state index contributed by atoms with van der Waals surface area (Å²) in [7, 11) is 0. The Balaban J connectivity index is 1.65. The number of carbonyl (C=O) groups excluding carboxylic acids is 1. The molecule has 2 rings (SSSR count). The summed E-state index contributed by atoms with van der Waals surface area (Å²) in [6.07, 6.45) is -0.621. The molecule has 0 saturated carbocycles. The van der Waals surface area contributed by atoms with Gasteiger partial charge in [-0.25, -0.2) is 0 Å². The number of carbonyl (C=O) groups is 1. The van der Waals surface area contributed by atoms with E-state index in [1.54, 1.807) is 19.1 Å². The molecule has 5 heteroatoms. The summed E-state index contributed by atoms with van der Waals surface area (Å²) in [6.45, 7) is 3.09. The number of ether oxygens (including phenoxy) is 2. The molecule has 122 valence electrons. The van der Waals surface area contributed by atoms with Gasteiger partial charge < -0.3 is 14.8 Å². The van der Waals surface area contributed by atoms with Crippen LogP contribution in [0.15, 0.2) is 54.6 Å². The molecule has 0 unspecified atom stereocenters. The Hall–Kier alpha value is -2.04. The molecule has 0 fully saturated rings. The smallest absolute Gasteiger partial charge is 0.260 e. The molecule has 1 atom stereocenters. The van der Waals surface area contributed by atoms with E-state index < -0.39 is 6.10 Å². The second kappa shape index (κ2) is 9.18. The summed E-state index contributed by atoms with van der Waals surface area (Å²) in [5.74, 6) is 0.297. The lowest BCUT2D eigenvalue weighted by Gasteiger charge is -2.15. The molecule has 0 aliphatic heterocycles. The average molecular weight is 334 g/mol. The largest absolute Gasteiger partial charge is 0.479 e. The normalized spacial score (nSPS) is 11.7. The van der Waals surface area contributed by atoms with E-state index in [1.807, 2.05) is 42.5 Å². The standard InChI is InChI=1S/C18H20ClNO3/c1-14(23-17-10-6-5-9-16(17)19)18(21)20-11-12-22-13-15-7-3-2-4-8-15/h2-10,14H,11-13H2,1H3,(H,20,21)/t14-/m1/s1. The van der Waals surface area contributed by atoms with Crippen molar-refractivity contribution in [2.75, 3.05) is 13.2 Å². The molecule has 0 aromatic heterocycles. The first kappa shape index (κ1) is 17.3. The van der Waals surface area contributed by atoms with Crippen molar-refractivity contribution in [3.8, 4) is 5.75 Å². The summed E-state index contributed by atoms with van der Waals surface area (Å²) in [4.78, 5) is 12.0. The zero-order valence-corrected chi connectivity index (χ0v) is 13.8. The number of rotatable bonds is 8. The van der Waals surface area contributed by atoms with Crippen LogP contribution in [0.3, 0.4) is 0 Å². The van der Waals surface area contributed by atoms with Crippen molar-refractivity contribution in [1.82, 2.24) is 5.32 Å². The molecule has 0 aliphatic carbocycles. The van der Waals surface area contributed by atoms with Gasteiger partial charge in [-0.3, -0.25) is 4.79 Å². The summed E-state index contributed by atoms with van der Waals surface area (Å²) in [6, 6.07) is 17.0. The molecule has 1 N–H and O–H groups in total. The van der Waals surface area contributed by atoms with Crippen molar-refractivity contribution in [3.63, 3.8) is 0 Å². The van der Waals surface area contributed by atoms with E-state index >= 15 is 0 Å². The highest BCUT2D eigenvalue weighted by atomic mass is 35.5. The number of nitrogens with one attached hydrogen (secondary N) is 1. The van der Waals surface area contributed by atoms with Gasteiger partial charge in [0.2, 0.25) is 0 Å². The Morgan fingerprint density at radius 3 is 2.57 bits per heavy atom. The average Bonchev–Trinajstić information content (AvgIpc) is 2.57. The van der Waals surface area contributed by atoms with Crippen molar-refractivity contribution >= 4 is 17.5 Å². The van der Waals surface area contributed by atoms with E-state index in [0.717, 1.165) is 5.56 Å². The Morgan fingerprint density at radius 2 is 1.83 bits per heavy atom. The maximum Gasteiger partial charge on any atom is 0.260 e. The molecule has 2 aromatic carbocycles. The van der Waals surface area contributed by atoms with Crippen LogP contribution in [0.25, 0.3) is 0 Å². The molecule has 2 aromatic rings. The van der Waals surface area contributed by atoms with Crippen LogP contribution in [0.5, 0.6) is 5.75 Å². The molecule has 0 bridgehead atoms. The number of para-hydroxylation sites is 1. The Morgan fingerprint density at radius 1 is 1.13 bits per heavy atom. The van der Waals surface area contributed by atoms with E-state index in [-0.39, 0.29) is 5.91 Å². The molecule has 0 heterocycles. The lowest BCUT2D eigenvalue weighted by molar-refractivity contribution is -0.127. The molecule has 4 nitrogen and oxygen atoms in total. The summed E-state index contributed by atoms with van der Waals surface area (Å²) in [5.41, 5.74) is 1.11. The number of hydrogen-bond donors (Lipinski definition) is 1. The van der Waals surface area contributed by atoms with E-state index in [4.69, 9.17) is 21.1 Å². The highest BCUT2D eigenvalue weighted by Crippen LogP contribution is 2.24. The first-order valence-electron chi connectivity index (χ1n) is 7.47. The Kier molecular flexibility index (Phi) is 6.91. The first-order valence-corrected chi connectivity index (χ1v) is 7.85.